The monoisotopic (exact) mass is 407 g/mol. The molecule has 2 aromatic carbocycles. The largest absolute Gasteiger partial charge is 0.372 e. The van der Waals surface area contributed by atoms with Gasteiger partial charge >= 0.3 is 0 Å². The van der Waals surface area contributed by atoms with Gasteiger partial charge in [-0.3, -0.25) is 0 Å². The summed E-state index contributed by atoms with van der Waals surface area (Å²) in [7, 11) is -3.47. The summed E-state index contributed by atoms with van der Waals surface area (Å²) in [5.41, 5.74) is 4.36. The molecular weight excluding hydrogens is 382 g/mol. The maximum atomic E-state index is 13.2. The molecule has 1 N–H and O–H groups in total. The lowest BCUT2D eigenvalue weighted by molar-refractivity contribution is 0.247. The van der Waals surface area contributed by atoms with Gasteiger partial charge in [0.1, 0.15) is 0 Å². The lowest BCUT2D eigenvalue weighted by atomic mass is 9.83. The highest BCUT2D eigenvalue weighted by molar-refractivity contribution is 7.89. The Hall–Kier alpha value is -2.57. The molecule has 150 valence electrons. The van der Waals surface area contributed by atoms with Crippen molar-refractivity contribution >= 4 is 15.7 Å². The van der Waals surface area contributed by atoms with Gasteiger partial charge in [-0.15, -0.1) is 0 Å². The number of hydrogen-bond donors (Lipinski definition) is 1. The summed E-state index contributed by atoms with van der Waals surface area (Å²) >= 11 is 0. The first-order valence-electron chi connectivity index (χ1n) is 10.2. The number of sulfonamides is 1. The molecule has 2 aliphatic heterocycles. The van der Waals surface area contributed by atoms with Crippen LogP contribution in [0.3, 0.4) is 0 Å². The maximum Gasteiger partial charge on any atom is 0.243 e. The van der Waals surface area contributed by atoms with Crippen LogP contribution in [-0.2, 0) is 22.0 Å². The Morgan fingerprint density at radius 1 is 0.966 bits per heavy atom. The summed E-state index contributed by atoms with van der Waals surface area (Å²) in [6, 6.07) is 19.8. The molecule has 5 rings (SSSR count). The Balaban J connectivity index is 1.42. The van der Waals surface area contributed by atoms with Gasteiger partial charge in [-0.05, 0) is 61.2 Å². The molecule has 0 aliphatic carbocycles. The third kappa shape index (κ3) is 2.90. The number of aryl methyl sites for hydroxylation is 1. The lowest BCUT2D eigenvalue weighted by Crippen LogP contribution is -2.50. The van der Waals surface area contributed by atoms with Crippen molar-refractivity contribution in [2.45, 2.75) is 36.6 Å². The molecule has 29 heavy (non-hydrogen) atoms. The number of rotatable bonds is 3. The second kappa shape index (κ2) is 6.75. The normalized spacial score (nSPS) is 18.1. The SMILES string of the molecule is CCc1ccc(S(=O)(=O)N2CCC3(CC2)Nc2ccccc2-n2cccc23)cc1. The molecule has 6 heteroatoms. The van der Waals surface area contributed by atoms with E-state index in [4.69, 9.17) is 0 Å². The minimum Gasteiger partial charge on any atom is -0.372 e. The number of para-hydroxylation sites is 2. The smallest absolute Gasteiger partial charge is 0.243 e. The number of hydrogen-bond acceptors (Lipinski definition) is 3. The van der Waals surface area contributed by atoms with E-state index in [2.05, 4.69) is 47.3 Å². The Labute approximate surface area is 172 Å². The Morgan fingerprint density at radius 3 is 2.41 bits per heavy atom. The Kier molecular flexibility index (Phi) is 4.29. The highest BCUT2D eigenvalue weighted by atomic mass is 32.2. The number of benzene rings is 2. The van der Waals surface area contributed by atoms with Crippen LogP contribution in [0.2, 0.25) is 0 Å². The van der Waals surface area contributed by atoms with Crippen molar-refractivity contribution in [2.75, 3.05) is 18.4 Å². The van der Waals surface area contributed by atoms with Crippen LogP contribution < -0.4 is 5.32 Å². The highest BCUT2D eigenvalue weighted by Crippen LogP contribution is 2.43. The van der Waals surface area contributed by atoms with Crippen LogP contribution in [0.1, 0.15) is 31.0 Å². The summed E-state index contributed by atoms with van der Waals surface area (Å²) in [6.45, 7) is 3.06. The van der Waals surface area contributed by atoms with Crippen LogP contribution in [0.5, 0.6) is 0 Å². The van der Waals surface area contributed by atoms with Crippen LogP contribution in [0.25, 0.3) is 5.69 Å². The Morgan fingerprint density at radius 2 is 1.69 bits per heavy atom. The van der Waals surface area contributed by atoms with Gasteiger partial charge in [-0.2, -0.15) is 4.31 Å². The van der Waals surface area contributed by atoms with E-state index in [1.54, 1.807) is 16.4 Å². The molecule has 3 heterocycles. The van der Waals surface area contributed by atoms with Crippen LogP contribution in [0.15, 0.2) is 71.8 Å². The molecule has 5 nitrogen and oxygen atoms in total. The fraction of sp³-hybridized carbons (Fsp3) is 0.304. The molecule has 1 fully saturated rings. The molecule has 0 amide bonds. The number of piperidine rings is 1. The van der Waals surface area contributed by atoms with Gasteiger partial charge < -0.3 is 9.88 Å². The van der Waals surface area contributed by atoms with E-state index in [9.17, 15) is 8.42 Å². The topological polar surface area (TPSA) is 54.3 Å². The van der Waals surface area contributed by atoms with Gasteiger partial charge in [-0.25, -0.2) is 8.42 Å². The van der Waals surface area contributed by atoms with Crippen molar-refractivity contribution in [1.82, 2.24) is 8.87 Å². The first-order chi connectivity index (χ1) is 14.0. The van der Waals surface area contributed by atoms with Gasteiger partial charge in [0, 0.05) is 25.0 Å². The minimum atomic E-state index is -3.47. The average Bonchev–Trinajstić information content (AvgIpc) is 3.26. The summed E-state index contributed by atoms with van der Waals surface area (Å²) in [4.78, 5) is 0.385. The quantitative estimate of drug-likeness (QED) is 0.710. The van der Waals surface area contributed by atoms with Crippen LogP contribution in [0, 0.1) is 0 Å². The number of aromatic nitrogens is 1. The molecule has 0 radical (unpaired) electrons. The molecule has 3 aromatic rings. The standard InChI is InChI=1S/C23H25N3O2S/c1-2-18-9-11-19(12-10-18)29(27,28)25-16-13-23(14-17-25)22-8-5-15-26(22)21-7-4-3-6-20(21)24-23/h3-12,15,24H,2,13-14,16-17H2,1H3. The van der Waals surface area contributed by atoms with Gasteiger partial charge in [0.25, 0.3) is 0 Å². The number of anilines is 1. The van der Waals surface area contributed by atoms with Gasteiger partial charge in [0.05, 0.1) is 21.8 Å². The molecule has 0 unspecified atom stereocenters. The average molecular weight is 408 g/mol. The number of fused-ring (bicyclic) bond motifs is 4. The number of nitrogens with zero attached hydrogens (tertiary/aromatic N) is 2. The molecule has 1 aromatic heterocycles. The third-order valence-corrected chi connectivity index (χ3v) is 8.23. The molecule has 1 saturated heterocycles. The third-order valence-electron chi connectivity index (χ3n) is 6.32. The zero-order valence-electron chi connectivity index (χ0n) is 16.5. The van der Waals surface area contributed by atoms with Crippen molar-refractivity contribution in [2.24, 2.45) is 0 Å². The molecule has 1 spiro atoms. The van der Waals surface area contributed by atoms with E-state index in [0.717, 1.165) is 36.2 Å². The van der Waals surface area contributed by atoms with E-state index in [1.807, 2.05) is 24.3 Å². The van der Waals surface area contributed by atoms with Gasteiger partial charge in [0.2, 0.25) is 10.0 Å². The maximum absolute atomic E-state index is 13.2. The van der Waals surface area contributed by atoms with Gasteiger partial charge in [0.15, 0.2) is 0 Å². The van der Waals surface area contributed by atoms with Crippen molar-refractivity contribution in [3.8, 4) is 5.69 Å². The van der Waals surface area contributed by atoms with Crippen molar-refractivity contribution in [1.29, 1.82) is 0 Å². The summed E-state index contributed by atoms with van der Waals surface area (Å²) in [6.07, 6.45) is 4.46. The fourth-order valence-electron chi connectivity index (χ4n) is 4.63. The van der Waals surface area contributed by atoms with E-state index >= 15 is 0 Å². The van der Waals surface area contributed by atoms with E-state index in [0.29, 0.717) is 18.0 Å². The second-order valence-electron chi connectivity index (χ2n) is 7.89. The molecule has 2 aliphatic rings. The van der Waals surface area contributed by atoms with E-state index in [1.165, 1.54) is 5.69 Å². The zero-order chi connectivity index (χ0) is 20.1. The van der Waals surface area contributed by atoms with Gasteiger partial charge in [-0.1, -0.05) is 31.2 Å². The molecule has 0 saturated carbocycles. The highest BCUT2D eigenvalue weighted by Gasteiger charge is 2.43. The van der Waals surface area contributed by atoms with Crippen LogP contribution >= 0.6 is 0 Å². The predicted molar refractivity (Wildman–Crippen MR) is 115 cm³/mol. The molecule has 0 bridgehead atoms. The predicted octanol–water partition coefficient (Wildman–Crippen LogP) is 4.15. The lowest BCUT2D eigenvalue weighted by Gasteiger charge is -2.45. The van der Waals surface area contributed by atoms with Crippen molar-refractivity contribution in [3.63, 3.8) is 0 Å². The molecule has 0 atom stereocenters. The number of nitrogens with one attached hydrogen (secondary N) is 1. The minimum absolute atomic E-state index is 0.240. The van der Waals surface area contributed by atoms with Crippen LogP contribution in [-0.4, -0.2) is 30.4 Å². The Bertz CT molecular complexity index is 1140. The van der Waals surface area contributed by atoms with Crippen molar-refractivity contribution in [3.05, 3.63) is 78.1 Å². The van der Waals surface area contributed by atoms with Crippen LogP contribution in [0.4, 0.5) is 5.69 Å². The van der Waals surface area contributed by atoms with E-state index < -0.39 is 10.0 Å². The first-order valence-corrected chi connectivity index (χ1v) is 11.6. The second-order valence-corrected chi connectivity index (χ2v) is 9.83. The molecular formula is C23H25N3O2S. The van der Waals surface area contributed by atoms with Crippen molar-refractivity contribution < 1.29 is 8.42 Å². The summed E-state index contributed by atoms with van der Waals surface area (Å²) in [5.74, 6) is 0. The zero-order valence-corrected chi connectivity index (χ0v) is 17.3. The summed E-state index contributed by atoms with van der Waals surface area (Å²) in [5, 5.41) is 3.74. The van der Waals surface area contributed by atoms with E-state index in [-0.39, 0.29) is 5.54 Å². The first kappa shape index (κ1) is 18.5. The summed E-state index contributed by atoms with van der Waals surface area (Å²) < 4.78 is 30.2. The fourth-order valence-corrected chi connectivity index (χ4v) is 6.07.